The van der Waals surface area contributed by atoms with E-state index in [1.165, 1.54) is 6.07 Å². The number of nitriles is 1. The zero-order valence-electron chi connectivity index (χ0n) is 12.5. The largest absolute Gasteiger partial charge is 0.517 e. The quantitative estimate of drug-likeness (QED) is 0.830. The number of carboxylic acids is 1. The van der Waals surface area contributed by atoms with E-state index in [-0.39, 0.29) is 4.31 Å². The molecule has 1 N–H and O–H groups in total. The molecule has 2 aliphatic rings. The smallest absolute Gasteiger partial charge is 0.481 e. The third-order valence-electron chi connectivity index (χ3n) is 4.48. The second-order valence-corrected chi connectivity index (χ2v) is 7.61. The zero-order valence-corrected chi connectivity index (χ0v) is 13.3. The molecule has 1 unspecified atom stereocenters. The molecular weight excluding hydrogens is 349 g/mol. The number of carboxylic acid groups (broad SMARTS) is 1. The normalized spacial score (nSPS) is 24.2. The summed E-state index contributed by atoms with van der Waals surface area (Å²) in [6.45, 7) is 0. The van der Waals surface area contributed by atoms with Gasteiger partial charge in [0.1, 0.15) is 11.8 Å². The van der Waals surface area contributed by atoms with Gasteiger partial charge in [-0.15, -0.1) is 0 Å². The summed E-state index contributed by atoms with van der Waals surface area (Å²) in [6, 6.07) is 1.42. The van der Waals surface area contributed by atoms with Crippen molar-refractivity contribution in [3.63, 3.8) is 0 Å². The molecule has 24 heavy (non-hydrogen) atoms. The molecule has 2 rings (SSSR count). The molecule has 1 aliphatic heterocycles. The fourth-order valence-corrected chi connectivity index (χ4v) is 3.99. The Morgan fingerprint density at radius 1 is 1.33 bits per heavy atom. The SMILES string of the molecule is N#CC1=CC(C2(C(=O)O)CCCCC2)C=CN1S(=O)(=O)C(F)(F)F. The number of hydrogen-bond donors (Lipinski definition) is 1. The van der Waals surface area contributed by atoms with Gasteiger partial charge in [-0.25, -0.2) is 4.31 Å². The third-order valence-corrected chi connectivity index (χ3v) is 5.90. The van der Waals surface area contributed by atoms with Crippen LogP contribution in [-0.2, 0) is 14.8 Å². The average Bonchev–Trinajstić information content (AvgIpc) is 2.53. The summed E-state index contributed by atoms with van der Waals surface area (Å²) < 4.78 is 60.9. The molecule has 0 aromatic rings. The Balaban J connectivity index is 2.43. The van der Waals surface area contributed by atoms with E-state index in [2.05, 4.69) is 0 Å². The molecule has 1 fully saturated rings. The molecule has 6 nitrogen and oxygen atoms in total. The van der Waals surface area contributed by atoms with Gasteiger partial charge in [-0.1, -0.05) is 25.3 Å². The van der Waals surface area contributed by atoms with Gasteiger partial charge in [-0.2, -0.15) is 26.9 Å². The second kappa shape index (κ2) is 6.12. The van der Waals surface area contributed by atoms with Crippen LogP contribution < -0.4 is 0 Å². The lowest BCUT2D eigenvalue weighted by Crippen LogP contribution is -2.43. The maximum Gasteiger partial charge on any atom is 0.517 e. The molecule has 0 spiro atoms. The van der Waals surface area contributed by atoms with E-state index >= 15 is 0 Å². The number of nitrogens with zero attached hydrogens (tertiary/aromatic N) is 2. The fourth-order valence-electron chi connectivity index (χ4n) is 3.17. The van der Waals surface area contributed by atoms with Crippen molar-refractivity contribution in [2.75, 3.05) is 0 Å². The lowest BCUT2D eigenvalue weighted by Gasteiger charge is -2.39. The Kier molecular flexibility index (Phi) is 4.68. The maximum absolute atomic E-state index is 12.7. The molecule has 0 aromatic carbocycles. The summed E-state index contributed by atoms with van der Waals surface area (Å²) in [5, 5.41) is 18.7. The lowest BCUT2D eigenvalue weighted by molar-refractivity contribution is -0.153. The number of rotatable bonds is 3. The van der Waals surface area contributed by atoms with Crippen molar-refractivity contribution >= 4 is 16.0 Å². The highest BCUT2D eigenvalue weighted by atomic mass is 32.2. The van der Waals surface area contributed by atoms with Gasteiger partial charge in [0, 0.05) is 12.1 Å². The molecule has 0 radical (unpaired) electrons. The molecule has 0 bridgehead atoms. The van der Waals surface area contributed by atoms with Crippen LogP contribution in [0.15, 0.2) is 24.0 Å². The van der Waals surface area contributed by atoms with Gasteiger partial charge in [0.2, 0.25) is 0 Å². The van der Waals surface area contributed by atoms with E-state index < -0.39 is 38.5 Å². The first-order chi connectivity index (χ1) is 11.1. The molecule has 132 valence electrons. The summed E-state index contributed by atoms with van der Waals surface area (Å²) in [7, 11) is -5.75. The molecule has 0 amide bonds. The summed E-state index contributed by atoms with van der Waals surface area (Å²) >= 11 is 0. The van der Waals surface area contributed by atoms with Crippen LogP contribution in [0.5, 0.6) is 0 Å². The zero-order chi connectivity index (χ0) is 18.2. The molecule has 10 heteroatoms. The summed E-state index contributed by atoms with van der Waals surface area (Å²) in [4.78, 5) is 11.8. The van der Waals surface area contributed by atoms with Crippen LogP contribution >= 0.6 is 0 Å². The topological polar surface area (TPSA) is 98.5 Å². The fraction of sp³-hybridized carbons (Fsp3) is 0.571. The lowest BCUT2D eigenvalue weighted by atomic mass is 9.65. The van der Waals surface area contributed by atoms with E-state index in [4.69, 9.17) is 5.26 Å². The molecule has 1 saturated carbocycles. The van der Waals surface area contributed by atoms with E-state index in [9.17, 15) is 31.5 Å². The number of hydrogen-bond acceptors (Lipinski definition) is 4. The minimum atomic E-state index is -5.75. The number of carbonyl (C=O) groups is 1. The highest BCUT2D eigenvalue weighted by Gasteiger charge is 2.52. The first-order valence-corrected chi connectivity index (χ1v) is 8.64. The van der Waals surface area contributed by atoms with Crippen LogP contribution in [0.4, 0.5) is 13.2 Å². The van der Waals surface area contributed by atoms with Crippen LogP contribution in [0.1, 0.15) is 32.1 Å². The van der Waals surface area contributed by atoms with Gasteiger partial charge < -0.3 is 5.11 Å². The molecule has 1 aliphatic carbocycles. The monoisotopic (exact) mass is 364 g/mol. The Bertz CT molecular complexity index is 728. The van der Waals surface area contributed by atoms with Crippen LogP contribution in [0.2, 0.25) is 0 Å². The second-order valence-electron chi connectivity index (χ2n) is 5.80. The Labute approximate surface area is 136 Å². The third kappa shape index (κ3) is 2.88. The van der Waals surface area contributed by atoms with Gasteiger partial charge >= 0.3 is 21.5 Å². The van der Waals surface area contributed by atoms with E-state index in [1.807, 2.05) is 0 Å². The average molecular weight is 364 g/mol. The predicted molar refractivity (Wildman–Crippen MR) is 76.3 cm³/mol. The van der Waals surface area contributed by atoms with Crippen LogP contribution in [0, 0.1) is 22.7 Å². The van der Waals surface area contributed by atoms with Gasteiger partial charge in [0.05, 0.1) is 5.41 Å². The summed E-state index contributed by atoms with van der Waals surface area (Å²) in [6.07, 6.45) is 5.54. The van der Waals surface area contributed by atoms with Crippen molar-refractivity contribution in [3.05, 3.63) is 24.0 Å². The minimum Gasteiger partial charge on any atom is -0.481 e. The summed E-state index contributed by atoms with van der Waals surface area (Å²) in [5.41, 5.74) is -7.54. The van der Waals surface area contributed by atoms with Crippen molar-refractivity contribution in [1.82, 2.24) is 4.31 Å². The van der Waals surface area contributed by atoms with E-state index in [0.717, 1.165) is 18.6 Å². The molecule has 0 aromatic heterocycles. The van der Waals surface area contributed by atoms with Crippen LogP contribution in [0.25, 0.3) is 0 Å². The van der Waals surface area contributed by atoms with Crippen molar-refractivity contribution in [2.24, 2.45) is 11.3 Å². The first kappa shape index (κ1) is 18.3. The Morgan fingerprint density at radius 2 is 1.92 bits per heavy atom. The standard InChI is InChI=1S/C14H15F3N2O4S/c15-14(16,17)24(22,23)19-7-4-10(8-11(19)9-18)13(12(20)21)5-2-1-3-6-13/h4,7-8,10H,1-3,5-6H2,(H,20,21). The maximum atomic E-state index is 12.7. The number of aliphatic carboxylic acids is 1. The van der Waals surface area contributed by atoms with Gasteiger partial charge in [0.25, 0.3) is 0 Å². The van der Waals surface area contributed by atoms with E-state index in [0.29, 0.717) is 31.9 Å². The molecule has 1 heterocycles. The van der Waals surface area contributed by atoms with Gasteiger partial charge in [0.15, 0.2) is 0 Å². The first-order valence-electron chi connectivity index (χ1n) is 7.20. The number of halogens is 3. The predicted octanol–water partition coefficient (Wildman–Crippen LogP) is 2.72. The highest BCUT2D eigenvalue weighted by molar-refractivity contribution is 7.90. The molecular formula is C14H15F3N2O4S. The minimum absolute atomic E-state index is 0.151. The van der Waals surface area contributed by atoms with Crippen molar-refractivity contribution < 1.29 is 31.5 Å². The van der Waals surface area contributed by atoms with Crippen molar-refractivity contribution in [3.8, 4) is 6.07 Å². The van der Waals surface area contributed by atoms with E-state index in [1.54, 1.807) is 0 Å². The number of allylic oxidation sites excluding steroid dienone is 3. The Hall–Kier alpha value is -2.02. The number of alkyl halides is 3. The highest BCUT2D eigenvalue weighted by Crippen LogP contribution is 2.46. The molecule has 0 saturated heterocycles. The Morgan fingerprint density at radius 3 is 2.38 bits per heavy atom. The van der Waals surface area contributed by atoms with Gasteiger partial charge in [-0.3, -0.25) is 4.79 Å². The van der Waals surface area contributed by atoms with Crippen molar-refractivity contribution in [1.29, 1.82) is 5.26 Å². The van der Waals surface area contributed by atoms with Crippen LogP contribution in [0.3, 0.4) is 0 Å². The van der Waals surface area contributed by atoms with Gasteiger partial charge in [-0.05, 0) is 18.9 Å². The number of sulfonamides is 1. The molecule has 1 atom stereocenters. The summed E-state index contributed by atoms with van der Waals surface area (Å²) in [5.74, 6) is -1.94. The van der Waals surface area contributed by atoms with Crippen LogP contribution in [-0.4, -0.2) is 29.3 Å². The van der Waals surface area contributed by atoms with Crippen molar-refractivity contribution in [2.45, 2.75) is 37.6 Å².